The number of hydrogen-bond donors (Lipinski definition) is 8. The lowest BCUT2D eigenvalue weighted by molar-refractivity contribution is -0.144. The van der Waals surface area contributed by atoms with Crippen molar-refractivity contribution in [2.45, 2.75) is 63.7 Å². The molecule has 0 saturated heterocycles. The van der Waals surface area contributed by atoms with Gasteiger partial charge >= 0.3 is 11.9 Å². The van der Waals surface area contributed by atoms with Crippen LogP contribution < -0.4 is 27.4 Å². The summed E-state index contributed by atoms with van der Waals surface area (Å²) >= 11 is 0. The van der Waals surface area contributed by atoms with Crippen LogP contribution in [0.2, 0.25) is 0 Å². The van der Waals surface area contributed by atoms with Gasteiger partial charge in [-0.15, -0.1) is 0 Å². The van der Waals surface area contributed by atoms with E-state index in [0.29, 0.717) is 19.4 Å². The molecular weight excluding hydrogens is 414 g/mol. The van der Waals surface area contributed by atoms with Gasteiger partial charge in [0.15, 0.2) is 0 Å². The summed E-state index contributed by atoms with van der Waals surface area (Å²) in [6, 6.07) is -5.30. The van der Waals surface area contributed by atoms with Crippen molar-refractivity contribution in [3.63, 3.8) is 0 Å². The minimum atomic E-state index is -1.56. The van der Waals surface area contributed by atoms with Gasteiger partial charge in [-0.1, -0.05) is 13.8 Å². The minimum absolute atomic E-state index is 0.114. The van der Waals surface area contributed by atoms with E-state index in [1.54, 1.807) is 13.8 Å². The molecule has 0 aromatic rings. The fraction of sp³-hybridized carbons (Fsp3) is 0.722. The Morgan fingerprint density at radius 2 is 1.42 bits per heavy atom. The third-order valence-electron chi connectivity index (χ3n) is 4.36. The van der Waals surface area contributed by atoms with Crippen molar-refractivity contribution in [3.05, 3.63) is 0 Å². The molecule has 0 fully saturated rings. The Balaban J connectivity index is 5.47. The van der Waals surface area contributed by atoms with Crippen molar-refractivity contribution in [2.24, 2.45) is 17.4 Å². The second-order valence-electron chi connectivity index (χ2n) is 7.36. The van der Waals surface area contributed by atoms with Crippen molar-refractivity contribution >= 4 is 29.7 Å². The summed E-state index contributed by atoms with van der Waals surface area (Å²) in [7, 11) is 0. The van der Waals surface area contributed by atoms with E-state index in [2.05, 4.69) is 16.0 Å². The number of aliphatic carboxylic acids is 2. The molecule has 13 nitrogen and oxygen atoms in total. The summed E-state index contributed by atoms with van der Waals surface area (Å²) in [6.07, 6.45) is 0.284. The number of carboxylic acids is 2. The van der Waals surface area contributed by atoms with Gasteiger partial charge in [0.2, 0.25) is 17.7 Å². The van der Waals surface area contributed by atoms with Crippen molar-refractivity contribution in [2.75, 3.05) is 13.2 Å². The number of rotatable bonds is 15. The van der Waals surface area contributed by atoms with Crippen LogP contribution in [-0.2, 0) is 24.0 Å². The Kier molecular flexibility index (Phi) is 13.0. The van der Waals surface area contributed by atoms with Crippen LogP contribution in [-0.4, -0.2) is 82.3 Å². The first-order valence-corrected chi connectivity index (χ1v) is 9.86. The topological polar surface area (TPSA) is 234 Å². The van der Waals surface area contributed by atoms with Gasteiger partial charge in [-0.05, 0) is 31.7 Å². The summed E-state index contributed by atoms with van der Waals surface area (Å²) in [5.74, 6) is -5.75. The monoisotopic (exact) mass is 447 g/mol. The second-order valence-corrected chi connectivity index (χ2v) is 7.36. The van der Waals surface area contributed by atoms with Gasteiger partial charge < -0.3 is 42.7 Å². The summed E-state index contributed by atoms with van der Waals surface area (Å²) in [5.41, 5.74) is 10.8. The molecule has 13 heteroatoms. The summed E-state index contributed by atoms with van der Waals surface area (Å²) < 4.78 is 0. The predicted octanol–water partition coefficient (Wildman–Crippen LogP) is -2.90. The van der Waals surface area contributed by atoms with Gasteiger partial charge in [0.25, 0.3) is 0 Å². The standard InChI is InChI=1S/C18H33N5O8/c1-9(2)14(18(30)31)23-16(28)11(5-3-4-6-19)21-17(29)12(7-13(25)26)22-15(27)10(20)8-24/h9-12,14,24H,3-8,19-20H2,1-2H3,(H,21,29)(H,22,27)(H,23,28)(H,25,26)(H,30,31). The third-order valence-corrected chi connectivity index (χ3v) is 4.36. The number of aliphatic hydroxyl groups is 1. The van der Waals surface area contributed by atoms with Crippen LogP contribution in [0.25, 0.3) is 0 Å². The van der Waals surface area contributed by atoms with Crippen LogP contribution in [0.5, 0.6) is 0 Å². The average Bonchev–Trinajstić information content (AvgIpc) is 2.68. The molecule has 178 valence electrons. The van der Waals surface area contributed by atoms with Crippen LogP contribution in [0, 0.1) is 5.92 Å². The first-order chi connectivity index (χ1) is 14.4. The minimum Gasteiger partial charge on any atom is -0.481 e. The first-order valence-electron chi connectivity index (χ1n) is 9.86. The SMILES string of the molecule is CC(C)C(NC(=O)C(CCCCN)NC(=O)C(CC(=O)O)NC(=O)C(N)CO)C(=O)O. The third kappa shape index (κ3) is 10.7. The lowest BCUT2D eigenvalue weighted by Crippen LogP contribution is -2.58. The zero-order chi connectivity index (χ0) is 24.1. The van der Waals surface area contributed by atoms with Gasteiger partial charge in [0, 0.05) is 0 Å². The van der Waals surface area contributed by atoms with E-state index in [4.69, 9.17) is 21.7 Å². The molecule has 0 aliphatic carbocycles. The quantitative estimate of drug-likeness (QED) is 0.119. The Hall–Kier alpha value is -2.77. The van der Waals surface area contributed by atoms with Crippen LogP contribution >= 0.6 is 0 Å². The van der Waals surface area contributed by atoms with E-state index in [-0.39, 0.29) is 6.42 Å². The van der Waals surface area contributed by atoms with E-state index in [1.807, 2.05) is 0 Å². The second kappa shape index (κ2) is 14.3. The number of carbonyl (C=O) groups excluding carboxylic acids is 3. The Morgan fingerprint density at radius 1 is 0.871 bits per heavy atom. The zero-order valence-corrected chi connectivity index (χ0v) is 17.7. The maximum absolute atomic E-state index is 12.6. The molecule has 10 N–H and O–H groups in total. The van der Waals surface area contributed by atoms with Crippen LogP contribution in [0.15, 0.2) is 0 Å². The molecule has 4 atom stereocenters. The first kappa shape index (κ1) is 28.2. The van der Waals surface area contributed by atoms with Crippen molar-refractivity contribution in [3.8, 4) is 0 Å². The predicted molar refractivity (Wildman–Crippen MR) is 108 cm³/mol. The van der Waals surface area contributed by atoms with E-state index >= 15 is 0 Å². The molecule has 4 unspecified atom stereocenters. The number of aliphatic hydroxyl groups excluding tert-OH is 1. The summed E-state index contributed by atoms with van der Waals surface area (Å²) in [4.78, 5) is 59.6. The summed E-state index contributed by atoms with van der Waals surface area (Å²) in [5, 5.41) is 34.1. The van der Waals surface area contributed by atoms with Crippen molar-refractivity contribution in [1.29, 1.82) is 0 Å². The molecule has 0 radical (unpaired) electrons. The molecule has 0 saturated carbocycles. The van der Waals surface area contributed by atoms with Crippen LogP contribution in [0.4, 0.5) is 0 Å². The number of nitrogens with two attached hydrogens (primary N) is 2. The molecule has 0 spiro atoms. The highest BCUT2D eigenvalue weighted by Crippen LogP contribution is 2.07. The Labute approximate surface area is 179 Å². The molecule has 0 aliphatic heterocycles. The number of nitrogens with one attached hydrogen (secondary N) is 3. The van der Waals surface area contributed by atoms with E-state index in [0.717, 1.165) is 0 Å². The van der Waals surface area contributed by atoms with E-state index in [9.17, 15) is 29.1 Å². The molecule has 3 amide bonds. The highest BCUT2D eigenvalue weighted by atomic mass is 16.4. The number of carbonyl (C=O) groups is 5. The van der Waals surface area contributed by atoms with E-state index in [1.165, 1.54) is 0 Å². The van der Waals surface area contributed by atoms with Crippen LogP contribution in [0.1, 0.15) is 39.5 Å². The van der Waals surface area contributed by atoms with Crippen LogP contribution in [0.3, 0.4) is 0 Å². The largest absolute Gasteiger partial charge is 0.481 e. The zero-order valence-electron chi connectivity index (χ0n) is 17.7. The lowest BCUT2D eigenvalue weighted by atomic mass is 10.0. The fourth-order valence-electron chi connectivity index (χ4n) is 2.55. The smallest absolute Gasteiger partial charge is 0.326 e. The number of carboxylic acid groups (broad SMARTS) is 2. The molecule has 0 rings (SSSR count). The maximum atomic E-state index is 12.6. The Morgan fingerprint density at radius 3 is 1.87 bits per heavy atom. The highest BCUT2D eigenvalue weighted by molar-refractivity contribution is 5.95. The normalized spacial score (nSPS) is 14.8. The molecule has 0 heterocycles. The van der Waals surface area contributed by atoms with Gasteiger partial charge in [0.05, 0.1) is 13.0 Å². The molecule has 0 aliphatic rings. The average molecular weight is 447 g/mol. The van der Waals surface area contributed by atoms with Gasteiger partial charge in [-0.2, -0.15) is 0 Å². The maximum Gasteiger partial charge on any atom is 0.326 e. The van der Waals surface area contributed by atoms with Gasteiger partial charge in [-0.3, -0.25) is 19.2 Å². The number of unbranched alkanes of at least 4 members (excludes halogenated alkanes) is 1. The molecule has 31 heavy (non-hydrogen) atoms. The van der Waals surface area contributed by atoms with Gasteiger partial charge in [-0.25, -0.2) is 4.79 Å². The van der Waals surface area contributed by atoms with Gasteiger partial charge in [0.1, 0.15) is 24.2 Å². The molecule has 0 aromatic carbocycles. The fourth-order valence-corrected chi connectivity index (χ4v) is 2.55. The van der Waals surface area contributed by atoms with E-state index < -0.39 is 72.8 Å². The van der Waals surface area contributed by atoms with Crippen molar-refractivity contribution < 1.29 is 39.3 Å². The summed E-state index contributed by atoms with van der Waals surface area (Å²) in [6.45, 7) is 2.82. The highest BCUT2D eigenvalue weighted by Gasteiger charge is 2.31. The van der Waals surface area contributed by atoms with Crippen molar-refractivity contribution in [1.82, 2.24) is 16.0 Å². The lowest BCUT2D eigenvalue weighted by Gasteiger charge is -2.25. The number of amides is 3. The number of hydrogen-bond acceptors (Lipinski definition) is 8. The molecular formula is C18H33N5O8. The molecule has 0 aromatic heterocycles. The molecule has 0 bridgehead atoms. The Bertz CT molecular complexity index is 642.